The molecule has 3 aromatic rings. The first-order chi connectivity index (χ1) is 20.5. The van der Waals surface area contributed by atoms with E-state index < -0.39 is 66.2 Å². The molecule has 0 bridgehead atoms. The van der Waals surface area contributed by atoms with E-state index in [1.165, 1.54) is 36.5 Å². The van der Waals surface area contributed by atoms with Gasteiger partial charge in [-0.2, -0.15) is 10.5 Å². The molecule has 1 aliphatic heterocycles. The highest BCUT2D eigenvalue weighted by Gasteiger charge is 2.48. The van der Waals surface area contributed by atoms with Crippen LogP contribution < -0.4 is 15.1 Å². The average molecular weight is 591 g/mol. The summed E-state index contributed by atoms with van der Waals surface area (Å²) in [6, 6.07) is 10.1. The van der Waals surface area contributed by atoms with Crippen LogP contribution >= 0.6 is 0 Å². The summed E-state index contributed by atoms with van der Waals surface area (Å²) < 4.78 is 57.3. The first-order valence-electron chi connectivity index (χ1n) is 13.2. The third-order valence-corrected chi connectivity index (χ3v) is 7.29. The van der Waals surface area contributed by atoms with Crippen molar-refractivity contribution in [1.82, 2.24) is 10.3 Å². The first kappa shape index (κ1) is 29.2. The summed E-state index contributed by atoms with van der Waals surface area (Å²) in [6.07, 6.45) is -0.257. The zero-order chi connectivity index (χ0) is 30.9. The molecule has 1 aromatic heterocycles. The van der Waals surface area contributed by atoms with Gasteiger partial charge in [0, 0.05) is 42.8 Å². The van der Waals surface area contributed by atoms with Gasteiger partial charge in [-0.15, -0.1) is 0 Å². The molecule has 0 unspecified atom stereocenters. The lowest BCUT2D eigenvalue weighted by molar-refractivity contribution is -0.133. The van der Waals surface area contributed by atoms with Crippen LogP contribution in [0.25, 0.3) is 0 Å². The van der Waals surface area contributed by atoms with Gasteiger partial charge in [0.1, 0.15) is 29.5 Å². The summed E-state index contributed by atoms with van der Waals surface area (Å²) in [6.45, 7) is 0. The van der Waals surface area contributed by atoms with E-state index >= 15 is 4.39 Å². The number of carbonyl (C=O) groups excluding carboxylic acids is 3. The maximum atomic E-state index is 15.3. The Morgan fingerprint density at radius 3 is 2.44 bits per heavy atom. The first-order valence-corrected chi connectivity index (χ1v) is 13.2. The van der Waals surface area contributed by atoms with Gasteiger partial charge >= 0.3 is 0 Å². The van der Waals surface area contributed by atoms with E-state index in [1.54, 1.807) is 6.07 Å². The Bertz CT molecular complexity index is 1690. The number of alkyl halides is 2. The lowest BCUT2D eigenvalue weighted by Gasteiger charge is -2.39. The molecule has 2 heterocycles. The lowest BCUT2D eigenvalue weighted by Crippen LogP contribution is -2.56. The Hall–Kier alpha value is -5.30. The van der Waals surface area contributed by atoms with E-state index in [9.17, 15) is 38.1 Å². The second-order valence-electron chi connectivity index (χ2n) is 10.2. The van der Waals surface area contributed by atoms with Crippen molar-refractivity contribution in [1.29, 1.82) is 10.5 Å². The number of anilines is 2. The van der Waals surface area contributed by atoms with Crippen LogP contribution in [0.4, 0.5) is 29.1 Å². The number of nitrogens with one attached hydrogen (secondary N) is 1. The minimum absolute atomic E-state index is 0.0274. The SMILES string of the molecule is N#Cc1cc(F)cc(N(C(=O)[C@@H]2CCC(=O)N2c2cc(C#N)ccn2)[C@H](C(=O)NC2CC(F)(F)C2)c2ccccc2F)c1. The highest BCUT2D eigenvalue weighted by Crippen LogP contribution is 2.39. The molecule has 218 valence electrons. The molecule has 9 nitrogen and oxygen atoms in total. The summed E-state index contributed by atoms with van der Waals surface area (Å²) in [5.74, 6) is -7.39. The van der Waals surface area contributed by atoms with Gasteiger partial charge in [-0.3, -0.25) is 24.2 Å². The number of amides is 3. The van der Waals surface area contributed by atoms with Crippen LogP contribution in [0.3, 0.4) is 0 Å². The highest BCUT2D eigenvalue weighted by atomic mass is 19.3. The summed E-state index contributed by atoms with van der Waals surface area (Å²) >= 11 is 0. The fraction of sp³-hybridized carbons (Fsp3) is 0.267. The van der Waals surface area contributed by atoms with Gasteiger partial charge < -0.3 is 5.32 Å². The number of nitriles is 2. The molecule has 0 radical (unpaired) electrons. The molecule has 5 rings (SSSR count). The molecule has 1 saturated carbocycles. The second kappa shape index (κ2) is 11.5. The number of aromatic nitrogens is 1. The number of benzene rings is 2. The normalized spacial score (nSPS) is 18.2. The van der Waals surface area contributed by atoms with Crippen molar-refractivity contribution in [2.75, 3.05) is 9.80 Å². The number of hydrogen-bond donors (Lipinski definition) is 1. The molecule has 2 aromatic carbocycles. The molecule has 2 fully saturated rings. The number of rotatable bonds is 7. The number of pyridine rings is 1. The summed E-state index contributed by atoms with van der Waals surface area (Å²) in [5.41, 5.74) is -0.705. The third kappa shape index (κ3) is 5.88. The van der Waals surface area contributed by atoms with E-state index in [0.717, 1.165) is 34.1 Å². The third-order valence-electron chi connectivity index (χ3n) is 7.29. The fourth-order valence-electron chi connectivity index (χ4n) is 5.30. The Kier molecular flexibility index (Phi) is 7.83. The number of hydrogen-bond acceptors (Lipinski definition) is 6. The predicted molar refractivity (Wildman–Crippen MR) is 143 cm³/mol. The zero-order valence-electron chi connectivity index (χ0n) is 22.3. The maximum Gasteiger partial charge on any atom is 0.252 e. The Morgan fingerprint density at radius 1 is 1.05 bits per heavy atom. The van der Waals surface area contributed by atoms with Gasteiger partial charge in [-0.1, -0.05) is 18.2 Å². The number of halogens is 4. The molecule has 1 saturated heterocycles. The molecular formula is C30H22F4N6O3. The summed E-state index contributed by atoms with van der Waals surface area (Å²) in [4.78, 5) is 47.2. The van der Waals surface area contributed by atoms with E-state index in [2.05, 4.69) is 10.3 Å². The minimum atomic E-state index is -3.00. The van der Waals surface area contributed by atoms with Crippen LogP contribution in [0.1, 0.15) is 48.4 Å². The van der Waals surface area contributed by atoms with Gasteiger partial charge in [-0.05, 0) is 42.8 Å². The van der Waals surface area contributed by atoms with Crippen LogP contribution in [-0.2, 0) is 14.4 Å². The van der Waals surface area contributed by atoms with Crippen LogP contribution in [0, 0.1) is 34.3 Å². The largest absolute Gasteiger partial charge is 0.351 e. The molecule has 1 aliphatic carbocycles. The second-order valence-corrected chi connectivity index (χ2v) is 10.2. The maximum absolute atomic E-state index is 15.3. The molecule has 3 amide bonds. The van der Waals surface area contributed by atoms with Crippen molar-refractivity contribution >= 4 is 29.2 Å². The number of carbonyl (C=O) groups is 3. The lowest BCUT2D eigenvalue weighted by atomic mass is 9.87. The molecule has 2 aliphatic rings. The molecule has 1 N–H and O–H groups in total. The van der Waals surface area contributed by atoms with Crippen molar-refractivity contribution in [3.63, 3.8) is 0 Å². The average Bonchev–Trinajstić information content (AvgIpc) is 3.35. The van der Waals surface area contributed by atoms with Crippen molar-refractivity contribution in [3.05, 3.63) is 89.1 Å². The van der Waals surface area contributed by atoms with Crippen molar-refractivity contribution in [2.24, 2.45) is 0 Å². The van der Waals surface area contributed by atoms with Gasteiger partial charge in [0.05, 0.1) is 23.3 Å². The van der Waals surface area contributed by atoms with Gasteiger partial charge in [-0.25, -0.2) is 22.5 Å². The van der Waals surface area contributed by atoms with E-state index in [0.29, 0.717) is 0 Å². The summed E-state index contributed by atoms with van der Waals surface area (Å²) in [7, 11) is 0. The predicted octanol–water partition coefficient (Wildman–Crippen LogP) is 4.29. The van der Waals surface area contributed by atoms with Gasteiger partial charge in [0.25, 0.3) is 11.8 Å². The Labute approximate surface area is 242 Å². The van der Waals surface area contributed by atoms with Gasteiger partial charge in [0.15, 0.2) is 0 Å². The minimum Gasteiger partial charge on any atom is -0.351 e. The molecule has 43 heavy (non-hydrogen) atoms. The molecule has 2 atom stereocenters. The topological polar surface area (TPSA) is 130 Å². The van der Waals surface area contributed by atoms with Crippen LogP contribution in [-0.4, -0.2) is 40.7 Å². The molecular weight excluding hydrogens is 568 g/mol. The van der Waals surface area contributed by atoms with E-state index in [1.807, 2.05) is 6.07 Å². The smallest absolute Gasteiger partial charge is 0.252 e. The highest BCUT2D eigenvalue weighted by molar-refractivity contribution is 6.10. The van der Waals surface area contributed by atoms with Crippen molar-refractivity contribution < 1.29 is 31.9 Å². The quantitative estimate of drug-likeness (QED) is 0.409. The van der Waals surface area contributed by atoms with Gasteiger partial charge in [0.2, 0.25) is 11.8 Å². The van der Waals surface area contributed by atoms with E-state index in [-0.39, 0.29) is 41.0 Å². The summed E-state index contributed by atoms with van der Waals surface area (Å²) in [5, 5.41) is 21.3. The molecule has 0 spiro atoms. The van der Waals surface area contributed by atoms with Crippen LogP contribution in [0.2, 0.25) is 0 Å². The zero-order valence-corrected chi connectivity index (χ0v) is 22.3. The number of nitrogens with zero attached hydrogens (tertiary/aromatic N) is 5. The standard InChI is InChI=1S/C30H22F4N6O3/c31-19-9-18(16-36)10-21(12-19)39(29(43)24-5-6-26(41)40(24)25-11-17(15-35)7-8-37-25)27(22-3-1-2-4-23(22)32)28(42)38-20-13-30(33,34)14-20/h1-4,7-12,20,24,27H,5-6,13-14H2,(H,38,42)/t24-,27-/m0/s1. The van der Waals surface area contributed by atoms with Crippen molar-refractivity contribution in [2.45, 2.75) is 49.7 Å². The van der Waals surface area contributed by atoms with Crippen molar-refractivity contribution in [3.8, 4) is 12.1 Å². The monoisotopic (exact) mass is 590 g/mol. The van der Waals surface area contributed by atoms with E-state index in [4.69, 9.17) is 0 Å². The Morgan fingerprint density at radius 2 is 1.77 bits per heavy atom. The fourth-order valence-corrected chi connectivity index (χ4v) is 5.30. The Balaban J connectivity index is 1.65. The molecule has 13 heteroatoms. The van der Waals surface area contributed by atoms with Crippen LogP contribution in [0.5, 0.6) is 0 Å². The van der Waals surface area contributed by atoms with Crippen LogP contribution in [0.15, 0.2) is 60.8 Å².